The van der Waals surface area contributed by atoms with Crippen molar-refractivity contribution in [2.75, 3.05) is 6.54 Å². The molecule has 1 aliphatic rings. The van der Waals surface area contributed by atoms with Crippen molar-refractivity contribution in [3.63, 3.8) is 0 Å². The van der Waals surface area contributed by atoms with Crippen LogP contribution >= 0.6 is 0 Å². The molecule has 0 radical (unpaired) electrons. The number of carbonyl (C=O) groups is 2. The Hall–Kier alpha value is -3.30. The fourth-order valence-corrected chi connectivity index (χ4v) is 3.85. The summed E-state index contributed by atoms with van der Waals surface area (Å²) in [5, 5.41) is 9.04. The Balaban J connectivity index is 2.00. The minimum Gasteiger partial charge on any atom is -0.478 e. The van der Waals surface area contributed by atoms with Gasteiger partial charge in [-0.1, -0.05) is 35.9 Å². The lowest BCUT2D eigenvalue weighted by atomic mass is 9.90. The summed E-state index contributed by atoms with van der Waals surface area (Å²) in [6.45, 7) is -0.0347. The lowest BCUT2D eigenvalue weighted by molar-refractivity contribution is -0.143. The molecule has 3 rings (SSSR count). The van der Waals surface area contributed by atoms with Crippen LogP contribution in [-0.2, 0) is 23.6 Å². The molecule has 1 heterocycles. The van der Waals surface area contributed by atoms with Crippen molar-refractivity contribution in [1.82, 2.24) is 4.90 Å². The van der Waals surface area contributed by atoms with Gasteiger partial charge in [0.25, 0.3) is 5.91 Å². The number of carboxylic acid groups (broad SMARTS) is 1. The third-order valence-corrected chi connectivity index (χ3v) is 5.35. The number of benzene rings is 2. The lowest BCUT2D eigenvalue weighted by Gasteiger charge is -2.37. The van der Waals surface area contributed by atoms with Crippen molar-refractivity contribution in [1.29, 1.82) is 0 Å². The maximum absolute atomic E-state index is 13.2. The van der Waals surface area contributed by atoms with E-state index in [1.807, 2.05) is 0 Å². The third kappa shape index (κ3) is 6.15. The predicted octanol–water partition coefficient (Wildman–Crippen LogP) is 5.58. The molecule has 1 saturated heterocycles. The number of carboxylic acids is 1. The molecule has 1 fully saturated rings. The van der Waals surface area contributed by atoms with E-state index in [1.54, 1.807) is 30.3 Å². The first kappa shape index (κ1) is 24.3. The second kappa shape index (κ2) is 9.29. The molecule has 0 spiro atoms. The molecule has 176 valence electrons. The van der Waals surface area contributed by atoms with Crippen LogP contribution in [-0.4, -0.2) is 34.5 Å². The molecule has 2 aromatic rings. The number of rotatable bonds is 4. The number of carbonyl (C=O) groups excluding carboxylic acids is 1. The fraction of sp³-hybridized carbons (Fsp3) is 0.304. The zero-order chi connectivity index (χ0) is 24.4. The van der Waals surface area contributed by atoms with Crippen molar-refractivity contribution < 1.29 is 41.0 Å². The molecule has 1 amide bonds. The highest BCUT2D eigenvalue weighted by molar-refractivity contribution is 5.95. The summed E-state index contributed by atoms with van der Waals surface area (Å²) in [5.74, 6) is -2.14. The number of piperidine rings is 1. The number of likely N-dealkylation sites (tertiary alicyclic amines) is 1. The van der Waals surface area contributed by atoms with E-state index in [0.29, 0.717) is 17.7 Å². The highest BCUT2D eigenvalue weighted by Crippen LogP contribution is 2.37. The highest BCUT2D eigenvalue weighted by atomic mass is 19.4. The summed E-state index contributed by atoms with van der Waals surface area (Å²) < 4.78 is 79.3. The van der Waals surface area contributed by atoms with Crippen LogP contribution in [0.15, 0.2) is 60.2 Å². The van der Waals surface area contributed by atoms with Gasteiger partial charge in [0.2, 0.25) is 0 Å². The molecule has 1 unspecified atom stereocenters. The molecule has 0 aliphatic carbocycles. The average molecular weight is 471 g/mol. The molecular weight excluding hydrogens is 452 g/mol. The number of hydrogen-bond donors (Lipinski definition) is 1. The summed E-state index contributed by atoms with van der Waals surface area (Å²) in [6, 6.07) is 8.98. The van der Waals surface area contributed by atoms with Gasteiger partial charge in [0.05, 0.1) is 11.1 Å². The second-order valence-electron chi connectivity index (χ2n) is 7.73. The van der Waals surface area contributed by atoms with Crippen LogP contribution in [0.1, 0.15) is 39.9 Å². The zero-order valence-corrected chi connectivity index (χ0v) is 17.1. The molecule has 33 heavy (non-hydrogen) atoms. The molecule has 0 bridgehead atoms. The largest absolute Gasteiger partial charge is 0.478 e. The maximum atomic E-state index is 13.2. The molecule has 10 heteroatoms. The van der Waals surface area contributed by atoms with Crippen molar-refractivity contribution in [2.24, 2.45) is 0 Å². The molecule has 4 nitrogen and oxygen atoms in total. The van der Waals surface area contributed by atoms with Crippen molar-refractivity contribution in [2.45, 2.75) is 37.7 Å². The molecule has 1 atom stereocenters. The Morgan fingerprint density at radius 1 is 0.970 bits per heavy atom. The van der Waals surface area contributed by atoms with E-state index >= 15 is 0 Å². The standard InChI is InChI=1S/C23H19F6NO3/c24-22(25,26)17-11-16(12-18(13-17)23(27,28)29)21(33)30-7-6-15(10-20(31)32)9-19(30)8-14-4-2-1-3-5-14/h1-5,10-13,19H,6-9H2,(H,31,32). The van der Waals surface area contributed by atoms with Crippen LogP contribution in [0, 0.1) is 0 Å². The monoisotopic (exact) mass is 471 g/mol. The van der Waals surface area contributed by atoms with Crippen LogP contribution in [0.5, 0.6) is 0 Å². The van der Waals surface area contributed by atoms with Gasteiger partial charge in [0.1, 0.15) is 0 Å². The number of nitrogens with zero attached hydrogens (tertiary/aromatic N) is 1. The van der Waals surface area contributed by atoms with Gasteiger partial charge in [-0.2, -0.15) is 26.3 Å². The van der Waals surface area contributed by atoms with Gasteiger partial charge in [-0.15, -0.1) is 0 Å². The fourth-order valence-electron chi connectivity index (χ4n) is 3.85. The smallest absolute Gasteiger partial charge is 0.416 e. The second-order valence-corrected chi connectivity index (χ2v) is 7.73. The Kier molecular flexibility index (Phi) is 6.85. The highest BCUT2D eigenvalue weighted by Gasteiger charge is 2.39. The number of hydrogen-bond acceptors (Lipinski definition) is 2. The topological polar surface area (TPSA) is 57.6 Å². The van der Waals surface area contributed by atoms with Crippen LogP contribution < -0.4 is 0 Å². The SMILES string of the molecule is O=C(O)C=C1CCN(C(=O)c2cc(C(F)(F)F)cc(C(F)(F)F)c2)C(Cc2ccccc2)C1. The van der Waals surface area contributed by atoms with E-state index in [-0.39, 0.29) is 31.9 Å². The molecule has 1 N–H and O–H groups in total. The summed E-state index contributed by atoms with van der Waals surface area (Å²) >= 11 is 0. The van der Waals surface area contributed by atoms with Gasteiger partial charge in [0.15, 0.2) is 0 Å². The quantitative estimate of drug-likeness (QED) is 0.468. The minimum absolute atomic E-state index is 0.0257. The molecule has 0 saturated carbocycles. The van der Waals surface area contributed by atoms with E-state index < -0.39 is 47.0 Å². The first-order valence-electron chi connectivity index (χ1n) is 9.91. The average Bonchev–Trinajstić information content (AvgIpc) is 2.72. The Morgan fingerprint density at radius 2 is 1.55 bits per heavy atom. The van der Waals surface area contributed by atoms with Gasteiger partial charge in [-0.3, -0.25) is 4.79 Å². The van der Waals surface area contributed by atoms with Gasteiger partial charge < -0.3 is 10.0 Å². The summed E-state index contributed by atoms with van der Waals surface area (Å²) in [6.07, 6.45) is -8.58. The predicted molar refractivity (Wildman–Crippen MR) is 106 cm³/mol. The maximum Gasteiger partial charge on any atom is 0.416 e. The molecule has 0 aromatic heterocycles. The normalized spacial score (nSPS) is 18.4. The van der Waals surface area contributed by atoms with Crippen molar-refractivity contribution in [3.8, 4) is 0 Å². The Bertz CT molecular complexity index is 1030. The van der Waals surface area contributed by atoms with Crippen LogP contribution in [0.25, 0.3) is 0 Å². The molecule has 2 aromatic carbocycles. The van der Waals surface area contributed by atoms with Gasteiger partial charge in [0, 0.05) is 24.2 Å². The Morgan fingerprint density at radius 3 is 2.06 bits per heavy atom. The van der Waals surface area contributed by atoms with Crippen LogP contribution in [0.2, 0.25) is 0 Å². The summed E-state index contributed by atoms with van der Waals surface area (Å²) in [5.41, 5.74) is -2.53. The van der Waals surface area contributed by atoms with Crippen LogP contribution in [0.3, 0.4) is 0 Å². The van der Waals surface area contributed by atoms with Gasteiger partial charge in [-0.05, 0) is 43.0 Å². The first-order valence-corrected chi connectivity index (χ1v) is 9.91. The summed E-state index contributed by atoms with van der Waals surface area (Å²) in [4.78, 5) is 25.4. The van der Waals surface area contributed by atoms with E-state index in [0.717, 1.165) is 11.6 Å². The number of amides is 1. The number of halogens is 6. The zero-order valence-electron chi connectivity index (χ0n) is 17.1. The molecule has 1 aliphatic heterocycles. The van der Waals surface area contributed by atoms with E-state index in [1.165, 1.54) is 4.90 Å². The molecular formula is C23H19F6NO3. The Labute approximate surface area is 185 Å². The van der Waals surface area contributed by atoms with E-state index in [2.05, 4.69) is 0 Å². The van der Waals surface area contributed by atoms with E-state index in [9.17, 15) is 35.9 Å². The minimum atomic E-state index is -5.07. The van der Waals surface area contributed by atoms with E-state index in [4.69, 9.17) is 5.11 Å². The van der Waals surface area contributed by atoms with Crippen molar-refractivity contribution >= 4 is 11.9 Å². The summed E-state index contributed by atoms with van der Waals surface area (Å²) in [7, 11) is 0. The number of alkyl halides is 6. The third-order valence-electron chi connectivity index (χ3n) is 5.35. The first-order chi connectivity index (χ1) is 15.3. The van der Waals surface area contributed by atoms with Gasteiger partial charge >= 0.3 is 18.3 Å². The van der Waals surface area contributed by atoms with Crippen molar-refractivity contribution in [3.05, 3.63) is 82.4 Å². The van der Waals surface area contributed by atoms with Crippen LogP contribution in [0.4, 0.5) is 26.3 Å². The lowest BCUT2D eigenvalue weighted by Crippen LogP contribution is -2.45. The van der Waals surface area contributed by atoms with Gasteiger partial charge in [-0.25, -0.2) is 4.79 Å². The number of aliphatic carboxylic acids is 1.